The predicted octanol–water partition coefficient (Wildman–Crippen LogP) is 21.1. The fourth-order valence-electron chi connectivity index (χ4n) is 14.6. The number of hydrogen-bond acceptors (Lipinski definition) is 2. The number of rotatable bonds is 10. The van der Waals surface area contributed by atoms with Gasteiger partial charge in [0.15, 0.2) is 0 Å². The first-order valence-electron chi connectivity index (χ1n) is 29.3. The van der Waals surface area contributed by atoms with Crippen LogP contribution < -0.4 is 9.80 Å². The number of allylic oxidation sites excluding steroid dienone is 9. The summed E-state index contributed by atoms with van der Waals surface area (Å²) in [5, 5.41) is 4.90. The molecule has 0 amide bonds. The van der Waals surface area contributed by atoms with Crippen molar-refractivity contribution < 1.29 is 0 Å². The van der Waals surface area contributed by atoms with Crippen LogP contribution in [0.3, 0.4) is 0 Å². The van der Waals surface area contributed by atoms with Crippen LogP contribution in [-0.2, 0) is 5.41 Å². The zero-order chi connectivity index (χ0) is 55.9. The molecule has 0 aliphatic heterocycles. The fraction of sp³-hybridized carbons (Fsp3) is 0.0500. The van der Waals surface area contributed by atoms with Crippen LogP contribution >= 0.6 is 0 Å². The summed E-state index contributed by atoms with van der Waals surface area (Å²) in [6, 6.07) is 98.4. The van der Waals surface area contributed by atoms with Gasteiger partial charge in [0.2, 0.25) is 0 Å². The van der Waals surface area contributed by atoms with Gasteiger partial charge in [0, 0.05) is 66.9 Å². The Labute approximate surface area is 490 Å². The molecule has 3 aliphatic rings. The Morgan fingerprint density at radius 2 is 0.917 bits per heavy atom. The smallest absolute Gasteiger partial charge is 0.0723 e. The molecule has 84 heavy (non-hydrogen) atoms. The normalized spacial score (nSPS) is 16.1. The molecule has 4 nitrogen and oxygen atoms in total. The summed E-state index contributed by atoms with van der Waals surface area (Å²) >= 11 is 0. The monoisotopic (exact) mass is 1070 g/mol. The number of fused-ring (bicyclic) bond motifs is 13. The third-order valence-corrected chi connectivity index (χ3v) is 18.0. The maximum Gasteiger partial charge on any atom is 0.0723 e. The SMILES string of the molecule is C=C/C=C1\C(=C/C)C2(c3ccccc31)c1ccccc1-c1c(N(c3ccc(C4=CC=C(N(c5ccccc5)c5ccc6c(c5)c5ccccc5n6-c5ccccc5)CC4)cc3)c3ccc4c(c3)c3ccccc3n4-c3ccccc3)cccc12. The van der Waals surface area contributed by atoms with Gasteiger partial charge < -0.3 is 18.9 Å². The molecule has 13 aromatic rings. The highest BCUT2D eigenvalue weighted by atomic mass is 15.2. The molecule has 1 unspecified atom stereocenters. The largest absolute Gasteiger partial charge is 0.314 e. The molecule has 1 spiro atoms. The van der Waals surface area contributed by atoms with Gasteiger partial charge in [-0.15, -0.1) is 0 Å². The Balaban J connectivity index is 0.836. The minimum Gasteiger partial charge on any atom is -0.314 e. The van der Waals surface area contributed by atoms with Crippen LogP contribution in [0.2, 0.25) is 0 Å². The van der Waals surface area contributed by atoms with E-state index < -0.39 is 5.41 Å². The molecule has 2 aromatic heterocycles. The molecule has 0 fully saturated rings. The standard InChI is InChI=1S/C80H58N4/c1-3-23-63-64-30-14-18-34-71(64)80(70(63)4-2)72-35-19-15-33-67(72)79-73(80)36-22-39-78(79)82(62-49-51-77-69(53-62)66-32-17-21-38-75(66)84(77)58-28-12-7-13-29-58)60-46-42-55(43-47-60)54-40-44-59(45-41-54)81(56-24-8-5-9-25-56)61-48-50-76-68(52-61)65-31-16-20-37-74(65)83(76)57-26-10-6-11-27-57/h3-40,42-44,46-53H,1,41,45H2,2H3/b63-23-,70-4+. The molecular formula is C80H58N4. The second-order valence-electron chi connectivity index (χ2n) is 22.2. The van der Waals surface area contributed by atoms with Crippen molar-refractivity contribution in [3.63, 3.8) is 0 Å². The summed E-state index contributed by atoms with van der Waals surface area (Å²) in [6.45, 7) is 6.40. The van der Waals surface area contributed by atoms with E-state index in [2.05, 4.69) is 324 Å². The van der Waals surface area contributed by atoms with Gasteiger partial charge in [-0.05, 0) is 179 Å². The Morgan fingerprint density at radius 1 is 0.417 bits per heavy atom. The molecule has 0 bridgehead atoms. The Hall–Kier alpha value is -10.7. The zero-order valence-electron chi connectivity index (χ0n) is 46.7. The van der Waals surface area contributed by atoms with Gasteiger partial charge in [-0.1, -0.05) is 195 Å². The lowest BCUT2D eigenvalue weighted by molar-refractivity contribution is 0.793. The molecule has 0 saturated heterocycles. The van der Waals surface area contributed by atoms with Crippen molar-refractivity contribution >= 4 is 83.2 Å². The zero-order valence-corrected chi connectivity index (χ0v) is 46.7. The van der Waals surface area contributed by atoms with E-state index in [9.17, 15) is 0 Å². The molecular weight excluding hydrogens is 1020 g/mol. The number of benzene rings is 11. The quantitative estimate of drug-likeness (QED) is 0.136. The van der Waals surface area contributed by atoms with Crippen molar-refractivity contribution in [2.45, 2.75) is 25.2 Å². The first-order valence-corrected chi connectivity index (χ1v) is 29.3. The van der Waals surface area contributed by atoms with E-state index in [4.69, 9.17) is 0 Å². The number of nitrogens with zero attached hydrogens (tertiary/aromatic N) is 4. The third kappa shape index (κ3) is 7.40. The summed E-state index contributed by atoms with van der Waals surface area (Å²) in [7, 11) is 0. The number of anilines is 5. The summed E-state index contributed by atoms with van der Waals surface area (Å²) in [6.07, 6.45) is 13.0. The van der Waals surface area contributed by atoms with Crippen LogP contribution in [0, 0.1) is 0 Å². The molecule has 1 atom stereocenters. The van der Waals surface area contributed by atoms with Crippen LogP contribution in [0.1, 0.15) is 47.6 Å². The lowest BCUT2D eigenvalue weighted by Crippen LogP contribution is -2.26. The van der Waals surface area contributed by atoms with Crippen molar-refractivity contribution in [2.75, 3.05) is 9.80 Å². The van der Waals surface area contributed by atoms with E-state index >= 15 is 0 Å². The number of para-hydroxylation sites is 5. The van der Waals surface area contributed by atoms with Crippen LogP contribution in [0.4, 0.5) is 28.4 Å². The van der Waals surface area contributed by atoms with Crippen LogP contribution in [0.25, 0.3) is 77.3 Å². The predicted molar refractivity (Wildman–Crippen MR) is 354 cm³/mol. The molecule has 11 aromatic carbocycles. The summed E-state index contributed by atoms with van der Waals surface area (Å²) < 4.78 is 4.79. The van der Waals surface area contributed by atoms with Crippen molar-refractivity contribution in [1.29, 1.82) is 0 Å². The second kappa shape index (κ2) is 19.8. The van der Waals surface area contributed by atoms with E-state index in [0.717, 1.165) is 52.7 Å². The third-order valence-electron chi connectivity index (χ3n) is 18.0. The first kappa shape index (κ1) is 49.2. The molecule has 4 heteroatoms. The summed E-state index contributed by atoms with van der Waals surface area (Å²) in [5.41, 5.74) is 26.1. The van der Waals surface area contributed by atoms with E-state index in [1.165, 1.54) is 105 Å². The number of aromatic nitrogens is 2. The molecule has 0 N–H and O–H groups in total. The summed E-state index contributed by atoms with van der Waals surface area (Å²) in [4.78, 5) is 4.97. The van der Waals surface area contributed by atoms with E-state index in [-0.39, 0.29) is 0 Å². The Bertz CT molecular complexity index is 4920. The minimum absolute atomic E-state index is 0.518. The first-order chi connectivity index (χ1) is 41.6. The number of hydrogen-bond donors (Lipinski definition) is 0. The van der Waals surface area contributed by atoms with Crippen molar-refractivity contribution in [3.05, 3.63) is 343 Å². The Kier molecular flexibility index (Phi) is 11.6. The van der Waals surface area contributed by atoms with Crippen molar-refractivity contribution in [2.24, 2.45) is 0 Å². The molecule has 2 heterocycles. The van der Waals surface area contributed by atoms with Gasteiger partial charge in [0.25, 0.3) is 0 Å². The lowest BCUT2D eigenvalue weighted by Gasteiger charge is -2.32. The Morgan fingerprint density at radius 3 is 1.51 bits per heavy atom. The fourth-order valence-corrected chi connectivity index (χ4v) is 14.6. The molecule has 3 aliphatic carbocycles. The average molecular weight is 1080 g/mol. The van der Waals surface area contributed by atoms with Gasteiger partial charge in [-0.25, -0.2) is 0 Å². The summed E-state index contributed by atoms with van der Waals surface area (Å²) in [5.74, 6) is 0. The van der Waals surface area contributed by atoms with E-state index in [1.807, 2.05) is 6.08 Å². The van der Waals surface area contributed by atoms with Gasteiger partial charge in [-0.3, -0.25) is 0 Å². The van der Waals surface area contributed by atoms with Crippen LogP contribution in [0.5, 0.6) is 0 Å². The van der Waals surface area contributed by atoms with E-state index in [1.54, 1.807) is 0 Å². The van der Waals surface area contributed by atoms with Gasteiger partial charge in [-0.2, -0.15) is 0 Å². The average Bonchev–Trinajstić information content (AvgIpc) is 1.77. The van der Waals surface area contributed by atoms with Crippen molar-refractivity contribution in [1.82, 2.24) is 9.13 Å². The molecule has 0 radical (unpaired) electrons. The lowest BCUT2D eigenvalue weighted by atomic mass is 9.70. The minimum atomic E-state index is -0.518. The second-order valence-corrected chi connectivity index (χ2v) is 22.2. The maximum atomic E-state index is 4.21. The maximum absolute atomic E-state index is 4.21. The van der Waals surface area contributed by atoms with Gasteiger partial charge in [0.05, 0.1) is 33.2 Å². The van der Waals surface area contributed by atoms with Gasteiger partial charge in [0.1, 0.15) is 0 Å². The highest BCUT2D eigenvalue weighted by Crippen LogP contribution is 2.65. The highest BCUT2D eigenvalue weighted by molar-refractivity contribution is 6.13. The molecule has 0 saturated carbocycles. The molecule has 398 valence electrons. The van der Waals surface area contributed by atoms with Crippen molar-refractivity contribution in [3.8, 4) is 22.5 Å². The van der Waals surface area contributed by atoms with Crippen LogP contribution in [-0.4, -0.2) is 9.13 Å². The van der Waals surface area contributed by atoms with E-state index in [0.29, 0.717) is 0 Å². The van der Waals surface area contributed by atoms with Gasteiger partial charge >= 0.3 is 0 Å². The highest BCUT2D eigenvalue weighted by Gasteiger charge is 2.53. The topological polar surface area (TPSA) is 16.3 Å². The van der Waals surface area contributed by atoms with Crippen LogP contribution in [0.15, 0.2) is 315 Å². The molecule has 16 rings (SSSR count).